The van der Waals surface area contributed by atoms with E-state index in [-0.39, 0.29) is 11.7 Å². The van der Waals surface area contributed by atoms with Crippen molar-refractivity contribution in [2.24, 2.45) is 0 Å². The number of rotatable bonds is 5. The Labute approximate surface area is 148 Å². The highest BCUT2D eigenvalue weighted by Gasteiger charge is 2.27. The van der Waals surface area contributed by atoms with Gasteiger partial charge in [0.25, 0.3) is 5.56 Å². The second kappa shape index (κ2) is 6.92. The lowest BCUT2D eigenvalue weighted by Gasteiger charge is -2.23. The molecule has 136 valence electrons. The molecule has 1 unspecified atom stereocenters. The van der Waals surface area contributed by atoms with Crippen LogP contribution in [0.4, 0.5) is 0 Å². The Hall–Kier alpha value is -1.66. The van der Waals surface area contributed by atoms with Crippen LogP contribution in [0.2, 0.25) is 0 Å². The zero-order chi connectivity index (χ0) is 17.4. The maximum Gasteiger partial charge on any atom is 0.256 e. The van der Waals surface area contributed by atoms with Crippen LogP contribution in [-0.2, 0) is 19.4 Å². The van der Waals surface area contributed by atoms with Crippen molar-refractivity contribution >= 4 is 11.0 Å². The van der Waals surface area contributed by atoms with Crippen molar-refractivity contribution in [2.45, 2.75) is 57.7 Å². The summed E-state index contributed by atoms with van der Waals surface area (Å²) in [5, 5.41) is 9.40. The average Bonchev–Trinajstić information content (AvgIpc) is 3.26. The van der Waals surface area contributed by atoms with Crippen LogP contribution in [0.5, 0.6) is 0 Å². The second-order valence-electron chi connectivity index (χ2n) is 7.71. The van der Waals surface area contributed by atoms with E-state index in [1.165, 1.54) is 17.4 Å². The fourth-order valence-corrected chi connectivity index (χ4v) is 4.40. The molecule has 2 aliphatic rings. The van der Waals surface area contributed by atoms with E-state index in [4.69, 9.17) is 0 Å². The van der Waals surface area contributed by atoms with Gasteiger partial charge in [-0.25, -0.2) is 4.68 Å². The lowest BCUT2D eigenvalue weighted by Crippen LogP contribution is -2.35. The highest BCUT2D eigenvalue weighted by Crippen LogP contribution is 2.29. The first kappa shape index (κ1) is 16.8. The Balaban J connectivity index is 1.84. The lowest BCUT2D eigenvalue weighted by atomic mass is 9.91. The summed E-state index contributed by atoms with van der Waals surface area (Å²) < 4.78 is 4.09. The molecule has 1 saturated heterocycles. The summed E-state index contributed by atoms with van der Waals surface area (Å²) in [6, 6.07) is 0. The van der Waals surface area contributed by atoms with Gasteiger partial charge >= 0.3 is 0 Å². The van der Waals surface area contributed by atoms with Crippen molar-refractivity contribution in [3.63, 3.8) is 0 Å². The molecule has 2 aromatic heterocycles. The zero-order valence-corrected chi connectivity index (χ0v) is 15.4. The first-order valence-electron chi connectivity index (χ1n) is 9.66. The molecule has 0 aromatic carbocycles. The van der Waals surface area contributed by atoms with Gasteiger partial charge in [-0.2, -0.15) is 5.10 Å². The zero-order valence-electron chi connectivity index (χ0n) is 15.4. The summed E-state index contributed by atoms with van der Waals surface area (Å²) in [6.45, 7) is 2.87. The molecule has 6 heteroatoms. The molecule has 0 bridgehead atoms. The molecule has 6 nitrogen and oxygen atoms in total. The van der Waals surface area contributed by atoms with E-state index in [9.17, 15) is 4.79 Å². The van der Waals surface area contributed by atoms with Gasteiger partial charge < -0.3 is 4.90 Å². The molecule has 0 amide bonds. The third kappa shape index (κ3) is 3.02. The molecule has 25 heavy (non-hydrogen) atoms. The molecule has 1 atom stereocenters. The Bertz CT molecular complexity index is 813. The molecule has 0 radical (unpaired) electrons. The molecular formula is C19H29N5O. The molecule has 0 saturated carbocycles. The summed E-state index contributed by atoms with van der Waals surface area (Å²) in [5.74, 6) is 0. The minimum absolute atomic E-state index is 0.117. The predicted molar refractivity (Wildman–Crippen MR) is 100 cm³/mol. The van der Waals surface area contributed by atoms with Crippen molar-refractivity contribution < 1.29 is 0 Å². The highest BCUT2D eigenvalue weighted by molar-refractivity contribution is 5.81. The molecule has 1 fully saturated rings. The monoisotopic (exact) mass is 343 g/mol. The Morgan fingerprint density at radius 1 is 1.24 bits per heavy atom. The third-order valence-electron chi connectivity index (χ3n) is 5.63. The number of nitrogens with zero attached hydrogens (tertiary/aromatic N) is 4. The summed E-state index contributed by atoms with van der Waals surface area (Å²) in [7, 11) is 4.19. The number of aryl methyl sites for hydroxylation is 2. The van der Waals surface area contributed by atoms with Gasteiger partial charge in [-0.1, -0.05) is 0 Å². The van der Waals surface area contributed by atoms with Crippen LogP contribution >= 0.6 is 0 Å². The van der Waals surface area contributed by atoms with Crippen LogP contribution in [0.1, 0.15) is 49.4 Å². The van der Waals surface area contributed by atoms with E-state index in [1.807, 2.05) is 10.8 Å². The number of pyridine rings is 1. The van der Waals surface area contributed by atoms with Gasteiger partial charge in [0.05, 0.1) is 12.4 Å². The van der Waals surface area contributed by atoms with E-state index in [2.05, 4.69) is 34.1 Å². The maximum absolute atomic E-state index is 13.3. The van der Waals surface area contributed by atoms with Gasteiger partial charge in [0.2, 0.25) is 0 Å². The largest absolute Gasteiger partial charge is 0.309 e. The van der Waals surface area contributed by atoms with Gasteiger partial charge in [-0.3, -0.25) is 14.7 Å². The average molecular weight is 343 g/mol. The summed E-state index contributed by atoms with van der Waals surface area (Å²) in [6.07, 6.45) is 9.55. The molecule has 1 N–H and O–H groups in total. The van der Waals surface area contributed by atoms with E-state index < -0.39 is 0 Å². The van der Waals surface area contributed by atoms with Gasteiger partial charge in [0, 0.05) is 17.5 Å². The predicted octanol–water partition coefficient (Wildman–Crippen LogP) is 1.91. The van der Waals surface area contributed by atoms with Crippen molar-refractivity contribution in [3.8, 4) is 0 Å². The van der Waals surface area contributed by atoms with Crippen LogP contribution < -0.4 is 10.9 Å². The number of nitrogens with one attached hydrogen (secondary N) is 1. The summed E-state index contributed by atoms with van der Waals surface area (Å²) >= 11 is 0. The molecule has 2 aromatic rings. The second-order valence-corrected chi connectivity index (χ2v) is 7.71. The first-order valence-corrected chi connectivity index (χ1v) is 9.66. The van der Waals surface area contributed by atoms with Crippen LogP contribution in [0.25, 0.3) is 11.0 Å². The fraction of sp³-hybridized carbons (Fsp3) is 0.684. The van der Waals surface area contributed by atoms with Crippen LogP contribution in [0.3, 0.4) is 0 Å². The van der Waals surface area contributed by atoms with Crippen LogP contribution in [-0.4, -0.2) is 46.4 Å². The fourth-order valence-electron chi connectivity index (χ4n) is 4.40. The quantitative estimate of drug-likeness (QED) is 0.901. The lowest BCUT2D eigenvalue weighted by molar-refractivity contribution is 0.379. The molecule has 4 rings (SSSR count). The van der Waals surface area contributed by atoms with Crippen LogP contribution in [0.15, 0.2) is 11.0 Å². The minimum Gasteiger partial charge on any atom is -0.309 e. The van der Waals surface area contributed by atoms with E-state index in [0.29, 0.717) is 0 Å². The Kier molecular flexibility index (Phi) is 4.65. The van der Waals surface area contributed by atoms with Crippen LogP contribution in [0, 0.1) is 0 Å². The van der Waals surface area contributed by atoms with Gasteiger partial charge in [-0.05, 0) is 77.7 Å². The number of aromatic nitrogens is 3. The van der Waals surface area contributed by atoms with Gasteiger partial charge in [0.1, 0.15) is 5.65 Å². The first-order chi connectivity index (χ1) is 12.2. The topological polar surface area (TPSA) is 55.1 Å². The highest BCUT2D eigenvalue weighted by atomic mass is 16.1. The van der Waals surface area contributed by atoms with E-state index in [0.717, 1.165) is 69.4 Å². The summed E-state index contributed by atoms with van der Waals surface area (Å²) in [5.41, 5.74) is 3.56. The molecule has 0 spiro atoms. The van der Waals surface area contributed by atoms with Gasteiger partial charge in [-0.15, -0.1) is 0 Å². The SMILES string of the molecule is CN(C)CCCn1ncc2c3c(c(=O)n(C4CCCN4)c21)CCCC3. The number of fused-ring (bicyclic) bond motifs is 3. The molecular weight excluding hydrogens is 314 g/mol. The Morgan fingerprint density at radius 2 is 2.04 bits per heavy atom. The molecule has 1 aliphatic carbocycles. The number of hydrogen-bond donors (Lipinski definition) is 1. The minimum atomic E-state index is 0.117. The smallest absolute Gasteiger partial charge is 0.256 e. The summed E-state index contributed by atoms with van der Waals surface area (Å²) in [4.78, 5) is 15.5. The van der Waals surface area contributed by atoms with E-state index in [1.54, 1.807) is 0 Å². The number of hydrogen-bond acceptors (Lipinski definition) is 4. The van der Waals surface area contributed by atoms with Crippen molar-refractivity contribution in [1.29, 1.82) is 0 Å². The Morgan fingerprint density at radius 3 is 2.76 bits per heavy atom. The van der Waals surface area contributed by atoms with Crippen molar-refractivity contribution in [1.82, 2.24) is 24.6 Å². The molecule has 3 heterocycles. The van der Waals surface area contributed by atoms with Crippen molar-refractivity contribution in [3.05, 3.63) is 27.7 Å². The molecule has 1 aliphatic heterocycles. The standard InChI is InChI=1S/C19H29N5O/c1-22(2)11-6-12-23-18-16(13-21-23)14-7-3-4-8-15(14)19(25)24(18)17-9-5-10-20-17/h13,17,20H,3-12H2,1-2H3. The van der Waals surface area contributed by atoms with Gasteiger partial charge in [0.15, 0.2) is 0 Å². The third-order valence-corrected chi connectivity index (χ3v) is 5.63. The normalized spacial score (nSPS) is 20.5. The van der Waals surface area contributed by atoms with E-state index >= 15 is 0 Å². The maximum atomic E-state index is 13.3. The van der Waals surface area contributed by atoms with Crippen molar-refractivity contribution in [2.75, 3.05) is 27.2 Å².